The fourth-order valence-electron chi connectivity index (χ4n) is 2.58. The molecule has 1 N–H and O–H groups in total. The molecule has 2 rings (SSSR count). The highest BCUT2D eigenvalue weighted by Crippen LogP contribution is 2.24. The van der Waals surface area contributed by atoms with E-state index >= 15 is 0 Å². The maximum atomic E-state index is 12.2. The quantitative estimate of drug-likeness (QED) is 0.793. The van der Waals surface area contributed by atoms with Crippen LogP contribution in [0.15, 0.2) is 0 Å². The van der Waals surface area contributed by atoms with Gasteiger partial charge in [-0.3, -0.25) is 14.5 Å². The molecule has 2 aliphatic rings. The van der Waals surface area contributed by atoms with Gasteiger partial charge in [0.05, 0.1) is 6.04 Å². The van der Waals surface area contributed by atoms with Gasteiger partial charge in [0.2, 0.25) is 5.91 Å². The lowest BCUT2D eigenvalue weighted by molar-refractivity contribution is -0.161. The average molecular weight is 282 g/mol. The van der Waals surface area contributed by atoms with Crippen molar-refractivity contribution in [1.29, 1.82) is 0 Å². The second-order valence-corrected chi connectivity index (χ2v) is 6.89. The molecule has 0 aromatic rings. The van der Waals surface area contributed by atoms with Crippen molar-refractivity contribution in [2.45, 2.75) is 77.1 Å². The van der Waals surface area contributed by atoms with Crippen molar-refractivity contribution in [1.82, 2.24) is 10.2 Å². The maximum absolute atomic E-state index is 12.2. The summed E-state index contributed by atoms with van der Waals surface area (Å²) in [6.45, 7) is 8.26. The molecule has 1 aliphatic carbocycles. The van der Waals surface area contributed by atoms with E-state index in [1.165, 1.54) is 0 Å². The van der Waals surface area contributed by atoms with Gasteiger partial charge >= 0.3 is 5.97 Å². The molecule has 0 radical (unpaired) electrons. The van der Waals surface area contributed by atoms with Crippen LogP contribution in [0.2, 0.25) is 0 Å². The van der Waals surface area contributed by atoms with Crippen LogP contribution in [0.25, 0.3) is 0 Å². The van der Waals surface area contributed by atoms with E-state index in [1.54, 1.807) is 0 Å². The molecule has 0 bridgehead atoms. The molecule has 5 nitrogen and oxygen atoms in total. The summed E-state index contributed by atoms with van der Waals surface area (Å²) >= 11 is 0. The molecule has 20 heavy (non-hydrogen) atoms. The first-order valence-electron chi connectivity index (χ1n) is 7.57. The fraction of sp³-hybridized carbons (Fsp3) is 0.867. The summed E-state index contributed by atoms with van der Waals surface area (Å²) < 4.78 is 5.46. The van der Waals surface area contributed by atoms with Crippen LogP contribution in [0, 0.1) is 0 Å². The molecular weight excluding hydrogens is 256 g/mol. The van der Waals surface area contributed by atoms with Crippen molar-refractivity contribution in [3.05, 3.63) is 0 Å². The van der Waals surface area contributed by atoms with Crippen LogP contribution in [0.5, 0.6) is 0 Å². The first kappa shape index (κ1) is 15.3. The first-order chi connectivity index (χ1) is 9.28. The number of amides is 1. The van der Waals surface area contributed by atoms with Crippen LogP contribution in [0.3, 0.4) is 0 Å². The van der Waals surface area contributed by atoms with E-state index in [9.17, 15) is 9.59 Å². The van der Waals surface area contributed by atoms with E-state index in [0.29, 0.717) is 6.04 Å². The van der Waals surface area contributed by atoms with Gasteiger partial charge in [-0.15, -0.1) is 0 Å². The number of nitrogens with zero attached hydrogens (tertiary/aromatic N) is 1. The number of rotatable bonds is 4. The van der Waals surface area contributed by atoms with Crippen molar-refractivity contribution in [3.63, 3.8) is 0 Å². The highest BCUT2D eigenvalue weighted by atomic mass is 16.6. The third-order valence-electron chi connectivity index (χ3n) is 3.77. The summed E-state index contributed by atoms with van der Waals surface area (Å²) in [6, 6.07) is -0.197. The van der Waals surface area contributed by atoms with E-state index < -0.39 is 5.60 Å². The van der Waals surface area contributed by atoms with Crippen molar-refractivity contribution in [3.8, 4) is 0 Å². The lowest BCUT2D eigenvalue weighted by atomic mass is 10.1. The van der Waals surface area contributed by atoms with Crippen LogP contribution in [-0.4, -0.2) is 47.0 Å². The molecule has 5 heteroatoms. The Bertz CT molecular complexity index is 385. The Balaban J connectivity index is 1.95. The summed E-state index contributed by atoms with van der Waals surface area (Å²) in [5.41, 5.74) is -0.481. The molecule has 2 fully saturated rings. The topological polar surface area (TPSA) is 58.6 Å². The highest BCUT2D eigenvalue weighted by Gasteiger charge is 2.39. The van der Waals surface area contributed by atoms with Gasteiger partial charge in [0, 0.05) is 6.04 Å². The molecule has 114 valence electrons. The van der Waals surface area contributed by atoms with Gasteiger partial charge < -0.3 is 10.1 Å². The Morgan fingerprint density at radius 3 is 2.45 bits per heavy atom. The lowest BCUT2D eigenvalue weighted by Crippen LogP contribution is -2.51. The zero-order valence-electron chi connectivity index (χ0n) is 12.9. The van der Waals surface area contributed by atoms with E-state index in [4.69, 9.17) is 4.74 Å². The van der Waals surface area contributed by atoms with Gasteiger partial charge in [0.15, 0.2) is 0 Å². The Morgan fingerprint density at radius 1 is 1.25 bits per heavy atom. The lowest BCUT2D eigenvalue weighted by Gasteiger charge is -2.30. The van der Waals surface area contributed by atoms with Gasteiger partial charge in [-0.05, 0) is 59.9 Å². The minimum atomic E-state index is -0.481. The third-order valence-corrected chi connectivity index (χ3v) is 3.77. The van der Waals surface area contributed by atoms with Crippen molar-refractivity contribution in [2.24, 2.45) is 0 Å². The standard InChI is InChI=1S/C15H26N2O3/c1-10(13(18)16-11-7-8-11)17-9-5-6-12(17)14(19)20-15(2,3)4/h10-12H,5-9H2,1-4H3,(H,16,18)/t10?,12-/m0/s1. The molecule has 0 aromatic heterocycles. The smallest absolute Gasteiger partial charge is 0.323 e. The van der Waals surface area contributed by atoms with Crippen LogP contribution in [0.4, 0.5) is 0 Å². The van der Waals surface area contributed by atoms with Crippen LogP contribution in [-0.2, 0) is 14.3 Å². The largest absolute Gasteiger partial charge is 0.459 e. The second kappa shape index (κ2) is 5.72. The predicted octanol–water partition coefficient (Wildman–Crippen LogP) is 1.46. The average Bonchev–Trinajstić information content (AvgIpc) is 2.99. The SMILES string of the molecule is CC(C(=O)NC1CC1)N1CCC[C@H]1C(=O)OC(C)(C)C. The number of likely N-dealkylation sites (tertiary alicyclic amines) is 1. The van der Waals surface area contributed by atoms with Crippen LogP contribution >= 0.6 is 0 Å². The molecule has 1 saturated carbocycles. The van der Waals surface area contributed by atoms with E-state index in [-0.39, 0.29) is 24.0 Å². The minimum absolute atomic E-state index is 0.0305. The summed E-state index contributed by atoms with van der Waals surface area (Å²) in [7, 11) is 0. The predicted molar refractivity (Wildman–Crippen MR) is 76.2 cm³/mol. The minimum Gasteiger partial charge on any atom is -0.459 e. The first-order valence-corrected chi connectivity index (χ1v) is 7.57. The summed E-state index contributed by atoms with van der Waals surface area (Å²) in [5.74, 6) is -0.177. The Kier molecular flexibility index (Phi) is 4.37. The molecule has 1 aliphatic heterocycles. The van der Waals surface area contributed by atoms with E-state index in [1.807, 2.05) is 32.6 Å². The summed E-state index contributed by atoms with van der Waals surface area (Å²) in [4.78, 5) is 26.3. The van der Waals surface area contributed by atoms with Gasteiger partial charge in [-0.1, -0.05) is 0 Å². The van der Waals surface area contributed by atoms with Crippen LogP contribution in [0.1, 0.15) is 53.4 Å². The molecule has 1 unspecified atom stereocenters. The highest BCUT2D eigenvalue weighted by molar-refractivity contribution is 5.83. The number of hydrogen-bond donors (Lipinski definition) is 1. The van der Waals surface area contributed by atoms with Gasteiger partial charge in [0.25, 0.3) is 0 Å². The van der Waals surface area contributed by atoms with E-state index in [2.05, 4.69) is 5.32 Å². The molecule has 2 atom stereocenters. The number of carbonyl (C=O) groups excluding carboxylic acids is 2. The second-order valence-electron chi connectivity index (χ2n) is 6.89. The van der Waals surface area contributed by atoms with E-state index in [0.717, 1.165) is 32.2 Å². The molecule has 1 saturated heterocycles. The maximum Gasteiger partial charge on any atom is 0.323 e. The Labute approximate surface area is 121 Å². The summed E-state index contributed by atoms with van der Waals surface area (Å²) in [6.07, 6.45) is 3.86. The monoisotopic (exact) mass is 282 g/mol. The molecule has 1 heterocycles. The number of hydrogen-bond acceptors (Lipinski definition) is 4. The number of esters is 1. The molecule has 0 aromatic carbocycles. The number of carbonyl (C=O) groups is 2. The third kappa shape index (κ3) is 3.95. The Hall–Kier alpha value is -1.10. The van der Waals surface area contributed by atoms with Crippen molar-refractivity contribution in [2.75, 3.05) is 6.54 Å². The zero-order chi connectivity index (χ0) is 14.9. The van der Waals surface area contributed by atoms with Crippen molar-refractivity contribution >= 4 is 11.9 Å². The number of ether oxygens (including phenoxy) is 1. The number of nitrogens with one attached hydrogen (secondary N) is 1. The molecular formula is C15H26N2O3. The Morgan fingerprint density at radius 2 is 1.90 bits per heavy atom. The molecule has 1 amide bonds. The zero-order valence-corrected chi connectivity index (χ0v) is 12.9. The van der Waals surface area contributed by atoms with Gasteiger partial charge in [0.1, 0.15) is 11.6 Å². The summed E-state index contributed by atoms with van der Waals surface area (Å²) in [5, 5.41) is 3.01. The fourth-order valence-corrected chi connectivity index (χ4v) is 2.58. The normalized spacial score (nSPS) is 25.3. The van der Waals surface area contributed by atoms with Gasteiger partial charge in [-0.25, -0.2) is 0 Å². The van der Waals surface area contributed by atoms with Gasteiger partial charge in [-0.2, -0.15) is 0 Å². The molecule has 0 spiro atoms. The van der Waals surface area contributed by atoms with Crippen molar-refractivity contribution < 1.29 is 14.3 Å². The van der Waals surface area contributed by atoms with Crippen LogP contribution < -0.4 is 5.32 Å².